The molecule has 0 spiro atoms. The first-order valence-electron chi connectivity index (χ1n) is 4.09. The van der Waals surface area contributed by atoms with E-state index in [0.717, 1.165) is 12.8 Å². The minimum Gasteiger partial charge on any atom is -0.467 e. The van der Waals surface area contributed by atoms with Gasteiger partial charge in [0.15, 0.2) is 5.60 Å². The van der Waals surface area contributed by atoms with Crippen LogP contribution in [-0.4, -0.2) is 31.8 Å². The first-order chi connectivity index (χ1) is 5.66. The standard InChI is InChI=1S/C8H13NO3.ClH/c1-11-6(10)8-2-7(3-8,4-9)5-12-8;/h2-5,9H2,1H3;1H. The minimum atomic E-state index is -0.631. The number of halogens is 1. The molecule has 2 saturated heterocycles. The molecule has 2 heterocycles. The van der Waals surface area contributed by atoms with E-state index in [1.54, 1.807) is 0 Å². The van der Waals surface area contributed by atoms with E-state index in [2.05, 4.69) is 4.74 Å². The maximum absolute atomic E-state index is 11.2. The SMILES string of the molecule is COC(=O)C12CC(CN)(CO1)C2.Cl. The number of fused-ring (bicyclic) bond motifs is 1. The Hall–Kier alpha value is -0.320. The Balaban J connectivity index is 0.000000845. The molecule has 3 rings (SSSR count). The molecule has 2 N–H and O–H groups in total. The lowest BCUT2D eigenvalue weighted by Crippen LogP contribution is -2.53. The summed E-state index contributed by atoms with van der Waals surface area (Å²) in [4.78, 5) is 11.2. The van der Waals surface area contributed by atoms with Gasteiger partial charge >= 0.3 is 5.97 Å². The van der Waals surface area contributed by atoms with Gasteiger partial charge in [0.1, 0.15) is 0 Å². The largest absolute Gasteiger partial charge is 0.467 e. The van der Waals surface area contributed by atoms with Crippen LogP contribution in [0.4, 0.5) is 0 Å². The molecular weight excluding hydrogens is 194 g/mol. The van der Waals surface area contributed by atoms with Crippen molar-refractivity contribution in [1.82, 2.24) is 0 Å². The molecule has 76 valence electrons. The highest BCUT2D eigenvalue weighted by atomic mass is 35.5. The van der Waals surface area contributed by atoms with Gasteiger partial charge in [-0.2, -0.15) is 0 Å². The van der Waals surface area contributed by atoms with Gasteiger partial charge in [0.05, 0.1) is 13.7 Å². The van der Waals surface area contributed by atoms with E-state index >= 15 is 0 Å². The van der Waals surface area contributed by atoms with Crippen molar-refractivity contribution in [2.45, 2.75) is 18.4 Å². The molecule has 5 heteroatoms. The topological polar surface area (TPSA) is 61.5 Å². The number of hydrogen-bond donors (Lipinski definition) is 1. The number of ether oxygens (including phenoxy) is 2. The molecule has 0 amide bonds. The van der Waals surface area contributed by atoms with Gasteiger partial charge < -0.3 is 15.2 Å². The molecule has 3 aliphatic rings. The van der Waals surface area contributed by atoms with E-state index < -0.39 is 5.60 Å². The van der Waals surface area contributed by atoms with E-state index in [9.17, 15) is 4.79 Å². The van der Waals surface area contributed by atoms with Crippen LogP contribution in [0.1, 0.15) is 12.8 Å². The predicted molar refractivity (Wildman–Crippen MR) is 48.7 cm³/mol. The molecule has 0 aromatic carbocycles. The van der Waals surface area contributed by atoms with Crippen LogP contribution in [-0.2, 0) is 14.3 Å². The average Bonchev–Trinajstić information content (AvgIpc) is 2.57. The lowest BCUT2D eigenvalue weighted by atomic mass is 9.62. The fourth-order valence-electron chi connectivity index (χ4n) is 2.25. The lowest BCUT2D eigenvalue weighted by Gasteiger charge is -2.41. The van der Waals surface area contributed by atoms with Crippen molar-refractivity contribution in [3.63, 3.8) is 0 Å². The molecule has 3 fully saturated rings. The third kappa shape index (κ3) is 1.24. The van der Waals surface area contributed by atoms with Crippen LogP contribution >= 0.6 is 12.4 Å². The number of nitrogens with two attached hydrogens (primary N) is 1. The molecule has 0 aromatic heterocycles. The van der Waals surface area contributed by atoms with Crippen LogP contribution in [0, 0.1) is 5.41 Å². The Kier molecular flexibility index (Phi) is 2.58. The molecule has 0 atom stereocenters. The van der Waals surface area contributed by atoms with Crippen LogP contribution in [0.5, 0.6) is 0 Å². The van der Waals surface area contributed by atoms with Crippen LogP contribution in [0.2, 0.25) is 0 Å². The smallest absolute Gasteiger partial charge is 0.338 e. The number of methoxy groups -OCH3 is 1. The highest BCUT2D eigenvalue weighted by Gasteiger charge is 2.66. The zero-order valence-electron chi connectivity index (χ0n) is 7.54. The monoisotopic (exact) mass is 207 g/mol. The van der Waals surface area contributed by atoms with Crippen molar-refractivity contribution >= 4 is 18.4 Å². The van der Waals surface area contributed by atoms with Crippen LogP contribution in [0.15, 0.2) is 0 Å². The molecule has 0 unspecified atom stereocenters. The predicted octanol–water partition coefficient (Wildman–Crippen LogP) is 0.0891. The summed E-state index contributed by atoms with van der Waals surface area (Å²) in [6.45, 7) is 1.21. The third-order valence-electron chi connectivity index (χ3n) is 2.97. The number of rotatable bonds is 2. The van der Waals surface area contributed by atoms with Gasteiger partial charge in [-0.25, -0.2) is 4.79 Å². The van der Waals surface area contributed by atoms with Gasteiger partial charge in [-0.05, 0) is 12.8 Å². The second-order valence-corrected chi connectivity index (χ2v) is 3.83. The summed E-state index contributed by atoms with van der Waals surface area (Å²) >= 11 is 0. The van der Waals surface area contributed by atoms with E-state index in [-0.39, 0.29) is 23.8 Å². The van der Waals surface area contributed by atoms with E-state index in [1.165, 1.54) is 7.11 Å². The quantitative estimate of drug-likeness (QED) is 0.652. The highest BCUT2D eigenvalue weighted by Crippen LogP contribution is 2.57. The molecule has 13 heavy (non-hydrogen) atoms. The second-order valence-electron chi connectivity index (χ2n) is 3.83. The summed E-state index contributed by atoms with van der Waals surface area (Å²) in [5, 5.41) is 0. The maximum atomic E-state index is 11.2. The van der Waals surface area contributed by atoms with Crippen LogP contribution < -0.4 is 5.73 Å². The zero-order chi connectivity index (χ0) is 8.82. The Labute approximate surface area is 83.2 Å². The van der Waals surface area contributed by atoms with Crippen molar-refractivity contribution < 1.29 is 14.3 Å². The van der Waals surface area contributed by atoms with Crippen LogP contribution in [0.25, 0.3) is 0 Å². The van der Waals surface area contributed by atoms with Gasteiger partial charge in [-0.15, -0.1) is 12.4 Å². The number of hydrogen-bond acceptors (Lipinski definition) is 4. The van der Waals surface area contributed by atoms with Crippen molar-refractivity contribution in [3.8, 4) is 0 Å². The van der Waals surface area contributed by atoms with Gasteiger partial charge in [-0.3, -0.25) is 0 Å². The molecule has 2 bridgehead atoms. The zero-order valence-corrected chi connectivity index (χ0v) is 8.36. The molecular formula is C8H14ClNO3. The summed E-state index contributed by atoms with van der Waals surface area (Å²) < 4.78 is 10.1. The van der Waals surface area contributed by atoms with E-state index in [1.807, 2.05) is 0 Å². The second kappa shape index (κ2) is 3.12. The van der Waals surface area contributed by atoms with Crippen LogP contribution in [0.3, 0.4) is 0 Å². The van der Waals surface area contributed by atoms with Crippen molar-refractivity contribution in [3.05, 3.63) is 0 Å². The van der Waals surface area contributed by atoms with Gasteiger partial charge in [0, 0.05) is 12.0 Å². The summed E-state index contributed by atoms with van der Waals surface area (Å²) in [5.41, 5.74) is 5.02. The number of esters is 1. The third-order valence-corrected chi connectivity index (χ3v) is 2.97. The fraction of sp³-hybridized carbons (Fsp3) is 0.875. The maximum Gasteiger partial charge on any atom is 0.338 e. The van der Waals surface area contributed by atoms with E-state index in [0.29, 0.717) is 13.2 Å². The Morgan fingerprint density at radius 2 is 2.23 bits per heavy atom. The Bertz CT molecular complexity index is 225. The normalized spacial score (nSPS) is 40.5. The minimum absolute atomic E-state index is 0. The Morgan fingerprint density at radius 3 is 2.62 bits per heavy atom. The first-order valence-corrected chi connectivity index (χ1v) is 4.09. The molecule has 0 radical (unpaired) electrons. The van der Waals surface area contributed by atoms with Crippen molar-refractivity contribution in [1.29, 1.82) is 0 Å². The summed E-state index contributed by atoms with van der Waals surface area (Å²) in [6.07, 6.45) is 1.48. The number of carbonyl (C=O) groups is 1. The average molecular weight is 208 g/mol. The first kappa shape index (κ1) is 10.8. The van der Waals surface area contributed by atoms with Gasteiger partial charge in [0.25, 0.3) is 0 Å². The number of carbonyl (C=O) groups excluding carboxylic acids is 1. The van der Waals surface area contributed by atoms with Crippen molar-refractivity contribution in [2.75, 3.05) is 20.3 Å². The van der Waals surface area contributed by atoms with Crippen molar-refractivity contribution in [2.24, 2.45) is 11.1 Å². The molecule has 4 nitrogen and oxygen atoms in total. The summed E-state index contributed by atoms with van der Waals surface area (Å²) in [7, 11) is 1.39. The molecule has 1 saturated carbocycles. The summed E-state index contributed by atoms with van der Waals surface area (Å²) in [5.74, 6) is -0.246. The molecule has 0 aromatic rings. The lowest BCUT2D eigenvalue weighted by molar-refractivity contribution is -0.168. The van der Waals surface area contributed by atoms with E-state index in [4.69, 9.17) is 10.5 Å². The van der Waals surface area contributed by atoms with Gasteiger partial charge in [-0.1, -0.05) is 0 Å². The molecule has 2 aliphatic heterocycles. The highest BCUT2D eigenvalue weighted by molar-refractivity contribution is 5.85. The van der Waals surface area contributed by atoms with Gasteiger partial charge in [0.2, 0.25) is 0 Å². The Morgan fingerprint density at radius 1 is 1.62 bits per heavy atom. The fourth-order valence-corrected chi connectivity index (χ4v) is 2.25. The molecule has 1 aliphatic carbocycles. The summed E-state index contributed by atoms with van der Waals surface area (Å²) in [6, 6.07) is 0.